The molecule has 6 nitrogen and oxygen atoms in total. The van der Waals surface area contributed by atoms with Gasteiger partial charge in [0.05, 0.1) is 18.0 Å². The third kappa shape index (κ3) is 6.00. The lowest BCUT2D eigenvalue weighted by atomic mass is 10.2. The number of halogens is 1. The molecule has 0 fully saturated rings. The second-order valence-electron chi connectivity index (χ2n) is 7.48. The van der Waals surface area contributed by atoms with Crippen molar-refractivity contribution in [2.45, 2.75) is 29.7 Å². The Morgan fingerprint density at radius 2 is 1.88 bits per heavy atom. The van der Waals surface area contributed by atoms with Gasteiger partial charge in [-0.2, -0.15) is 0 Å². The molecule has 0 spiro atoms. The number of methoxy groups -OCH3 is 1. The molecule has 1 atom stereocenters. The maximum absolute atomic E-state index is 12.5. The van der Waals surface area contributed by atoms with E-state index < -0.39 is 5.25 Å². The summed E-state index contributed by atoms with van der Waals surface area (Å²) in [6.45, 7) is 0.753. The lowest BCUT2D eigenvalue weighted by Crippen LogP contribution is -2.34. The molecule has 3 aromatic carbocycles. The molecule has 0 unspecified atom stereocenters. The van der Waals surface area contributed by atoms with Gasteiger partial charge in [0.2, 0.25) is 11.8 Å². The van der Waals surface area contributed by atoms with E-state index in [1.807, 2.05) is 54.6 Å². The van der Waals surface area contributed by atoms with Crippen LogP contribution in [0.2, 0.25) is 5.02 Å². The third-order valence-electron chi connectivity index (χ3n) is 5.09. The van der Waals surface area contributed by atoms with E-state index in [1.54, 1.807) is 19.2 Å². The number of amides is 2. The highest BCUT2D eigenvalue weighted by Gasteiger charge is 2.29. The predicted molar refractivity (Wildman–Crippen MR) is 130 cm³/mol. The molecule has 0 aliphatic carbocycles. The van der Waals surface area contributed by atoms with Gasteiger partial charge in [0.1, 0.15) is 6.61 Å². The van der Waals surface area contributed by atoms with Crippen molar-refractivity contribution in [1.29, 1.82) is 0 Å². The SMILES string of the molecule is COc1cc(CNC(=O)C[C@H]2Sc3ccc(Cl)cc3NC2=O)ccc1OCc1ccccc1. The molecule has 1 aliphatic rings. The van der Waals surface area contributed by atoms with Crippen LogP contribution >= 0.6 is 23.4 Å². The van der Waals surface area contributed by atoms with E-state index >= 15 is 0 Å². The highest BCUT2D eigenvalue weighted by atomic mass is 35.5. The van der Waals surface area contributed by atoms with Gasteiger partial charge in [-0.1, -0.05) is 48.0 Å². The normalized spacial score (nSPS) is 14.7. The number of ether oxygens (including phenoxy) is 2. The van der Waals surface area contributed by atoms with Crippen molar-refractivity contribution in [3.63, 3.8) is 0 Å². The van der Waals surface area contributed by atoms with Crippen LogP contribution in [0.3, 0.4) is 0 Å². The smallest absolute Gasteiger partial charge is 0.238 e. The summed E-state index contributed by atoms with van der Waals surface area (Å²) in [6.07, 6.45) is 0.0774. The molecule has 1 aliphatic heterocycles. The Balaban J connectivity index is 1.31. The summed E-state index contributed by atoms with van der Waals surface area (Å²) in [7, 11) is 1.58. The van der Waals surface area contributed by atoms with E-state index in [0.29, 0.717) is 35.4 Å². The Bertz CT molecular complexity index is 1160. The molecule has 33 heavy (non-hydrogen) atoms. The second-order valence-corrected chi connectivity index (χ2v) is 9.16. The fourth-order valence-corrected chi connectivity index (χ4v) is 4.64. The van der Waals surface area contributed by atoms with E-state index in [1.165, 1.54) is 11.8 Å². The Labute approximate surface area is 201 Å². The largest absolute Gasteiger partial charge is 0.493 e. The van der Waals surface area contributed by atoms with Gasteiger partial charge in [0.25, 0.3) is 0 Å². The van der Waals surface area contributed by atoms with E-state index in [0.717, 1.165) is 16.0 Å². The number of anilines is 1. The molecule has 3 aromatic rings. The Morgan fingerprint density at radius 3 is 2.67 bits per heavy atom. The predicted octanol–water partition coefficient (Wildman–Crippen LogP) is 5.05. The van der Waals surface area contributed by atoms with E-state index in [9.17, 15) is 9.59 Å². The molecular weight excluding hydrogens is 460 g/mol. The zero-order valence-electron chi connectivity index (χ0n) is 18.0. The van der Waals surface area contributed by atoms with Gasteiger partial charge in [-0.05, 0) is 41.5 Å². The van der Waals surface area contributed by atoms with Crippen molar-refractivity contribution < 1.29 is 19.1 Å². The van der Waals surface area contributed by atoms with Crippen molar-refractivity contribution in [1.82, 2.24) is 5.32 Å². The molecule has 0 saturated heterocycles. The molecule has 4 rings (SSSR count). The molecule has 0 bridgehead atoms. The van der Waals surface area contributed by atoms with Gasteiger partial charge in [-0.25, -0.2) is 0 Å². The quantitative estimate of drug-likeness (QED) is 0.470. The minimum absolute atomic E-state index is 0.0774. The molecular formula is C25H23ClN2O4S. The lowest BCUT2D eigenvalue weighted by Gasteiger charge is -2.23. The fraction of sp³-hybridized carbons (Fsp3) is 0.200. The number of fused-ring (bicyclic) bond motifs is 1. The summed E-state index contributed by atoms with van der Waals surface area (Å²) in [5.74, 6) is 0.815. The molecule has 2 amide bonds. The van der Waals surface area contributed by atoms with Gasteiger partial charge in [0, 0.05) is 22.9 Å². The first-order valence-corrected chi connectivity index (χ1v) is 11.6. The minimum Gasteiger partial charge on any atom is -0.493 e. The summed E-state index contributed by atoms with van der Waals surface area (Å²) in [6, 6.07) is 20.7. The summed E-state index contributed by atoms with van der Waals surface area (Å²) in [4.78, 5) is 25.8. The van der Waals surface area contributed by atoms with E-state index in [2.05, 4.69) is 10.6 Å². The first kappa shape index (κ1) is 23.0. The van der Waals surface area contributed by atoms with Crippen molar-refractivity contribution in [2.75, 3.05) is 12.4 Å². The summed E-state index contributed by atoms with van der Waals surface area (Å²) in [5.41, 5.74) is 2.61. The average Bonchev–Trinajstić information content (AvgIpc) is 2.83. The van der Waals surface area contributed by atoms with Crippen LogP contribution in [-0.2, 0) is 22.7 Å². The number of hydrogen-bond donors (Lipinski definition) is 2. The van der Waals surface area contributed by atoms with Crippen molar-refractivity contribution in [2.24, 2.45) is 0 Å². The summed E-state index contributed by atoms with van der Waals surface area (Å²) < 4.78 is 11.3. The Hall–Kier alpha value is -3.16. The number of carbonyl (C=O) groups is 2. The number of hydrogen-bond acceptors (Lipinski definition) is 5. The number of carbonyl (C=O) groups excluding carboxylic acids is 2. The standard InChI is InChI=1S/C25H23ClN2O4S/c1-31-21-11-17(7-9-20(21)32-15-16-5-3-2-4-6-16)14-27-24(29)13-23-25(30)28-19-12-18(26)8-10-22(19)33-23/h2-12,23H,13-15H2,1H3,(H,27,29)(H,28,30)/t23-/m1/s1. The zero-order valence-corrected chi connectivity index (χ0v) is 19.5. The van der Waals surface area contributed by atoms with E-state index in [-0.39, 0.29) is 18.2 Å². The number of benzene rings is 3. The van der Waals surface area contributed by atoms with E-state index in [4.69, 9.17) is 21.1 Å². The Morgan fingerprint density at radius 1 is 1.06 bits per heavy atom. The first-order chi connectivity index (χ1) is 16.0. The summed E-state index contributed by atoms with van der Waals surface area (Å²) in [5, 5.41) is 5.75. The van der Waals surface area contributed by atoms with Crippen LogP contribution in [0.5, 0.6) is 11.5 Å². The van der Waals surface area contributed by atoms with Crippen LogP contribution in [0, 0.1) is 0 Å². The van der Waals surface area contributed by atoms with Gasteiger partial charge in [0.15, 0.2) is 11.5 Å². The lowest BCUT2D eigenvalue weighted by molar-refractivity contribution is -0.124. The molecule has 0 aromatic heterocycles. The molecule has 1 heterocycles. The van der Waals surface area contributed by atoms with Gasteiger partial charge in [-0.3, -0.25) is 9.59 Å². The average molecular weight is 483 g/mol. The van der Waals surface area contributed by atoms with Crippen LogP contribution in [0.25, 0.3) is 0 Å². The van der Waals surface area contributed by atoms with Gasteiger partial charge >= 0.3 is 0 Å². The van der Waals surface area contributed by atoms with Crippen LogP contribution < -0.4 is 20.1 Å². The minimum atomic E-state index is -0.498. The third-order valence-corrected chi connectivity index (χ3v) is 6.60. The maximum atomic E-state index is 12.5. The number of thioether (sulfide) groups is 1. The second kappa shape index (κ2) is 10.6. The number of rotatable bonds is 8. The van der Waals surface area contributed by atoms with Crippen LogP contribution in [0.1, 0.15) is 17.5 Å². The molecule has 0 radical (unpaired) electrons. The van der Waals surface area contributed by atoms with Crippen LogP contribution in [0.4, 0.5) is 5.69 Å². The van der Waals surface area contributed by atoms with Gasteiger partial charge in [-0.15, -0.1) is 11.8 Å². The highest BCUT2D eigenvalue weighted by molar-refractivity contribution is 8.01. The molecule has 8 heteroatoms. The highest BCUT2D eigenvalue weighted by Crippen LogP contribution is 2.38. The van der Waals surface area contributed by atoms with Crippen molar-refractivity contribution in [3.05, 3.63) is 82.9 Å². The number of nitrogens with one attached hydrogen (secondary N) is 2. The fourth-order valence-electron chi connectivity index (χ4n) is 3.37. The van der Waals surface area contributed by atoms with Gasteiger partial charge < -0.3 is 20.1 Å². The molecule has 2 N–H and O–H groups in total. The topological polar surface area (TPSA) is 76.7 Å². The molecule has 0 saturated carbocycles. The maximum Gasteiger partial charge on any atom is 0.238 e. The summed E-state index contributed by atoms with van der Waals surface area (Å²) >= 11 is 7.35. The molecule has 170 valence electrons. The Kier molecular flexibility index (Phi) is 7.42. The van der Waals surface area contributed by atoms with Crippen molar-refractivity contribution in [3.8, 4) is 11.5 Å². The first-order valence-electron chi connectivity index (χ1n) is 10.4. The monoisotopic (exact) mass is 482 g/mol. The van der Waals surface area contributed by atoms with Crippen LogP contribution in [-0.4, -0.2) is 24.2 Å². The zero-order chi connectivity index (χ0) is 23.2. The van der Waals surface area contributed by atoms with Crippen molar-refractivity contribution >= 4 is 40.9 Å². The van der Waals surface area contributed by atoms with Crippen LogP contribution in [0.15, 0.2) is 71.6 Å².